The third kappa shape index (κ3) is 2.99. The molecule has 0 aliphatic heterocycles. The van der Waals surface area contributed by atoms with Gasteiger partial charge in [-0.25, -0.2) is 0 Å². The number of rotatable bonds is 0. The zero-order valence-electron chi connectivity index (χ0n) is 20.7. The predicted molar refractivity (Wildman–Crippen MR) is 137 cm³/mol. The summed E-state index contributed by atoms with van der Waals surface area (Å²) in [6.45, 7) is 13.8. The van der Waals surface area contributed by atoms with E-state index in [0.717, 1.165) is 11.3 Å². The van der Waals surface area contributed by atoms with E-state index in [1.807, 2.05) is 12.3 Å². The van der Waals surface area contributed by atoms with Gasteiger partial charge < -0.3 is 4.98 Å². The molecule has 1 nitrogen and oxygen atoms in total. The van der Waals surface area contributed by atoms with Crippen LogP contribution >= 0.6 is 0 Å². The maximum atomic E-state index is 4.88. The molecule has 0 atom stereocenters. The summed E-state index contributed by atoms with van der Waals surface area (Å²) in [5, 5.41) is 0. The molecule has 6 rings (SSSR count). The molecule has 0 saturated carbocycles. The monoisotopic (exact) mass is 623 g/mol. The van der Waals surface area contributed by atoms with Crippen molar-refractivity contribution in [2.75, 3.05) is 0 Å². The Kier molecular flexibility index (Phi) is 5.13. The van der Waals surface area contributed by atoms with Crippen LogP contribution in [0, 0.1) is 6.07 Å². The van der Waals surface area contributed by atoms with Gasteiger partial charge in [0.2, 0.25) is 0 Å². The van der Waals surface area contributed by atoms with Gasteiger partial charge in [-0.1, -0.05) is 89.6 Å². The third-order valence-corrected chi connectivity index (χ3v) is 7.58. The molecule has 0 saturated heterocycles. The van der Waals surface area contributed by atoms with Crippen molar-refractivity contribution in [3.63, 3.8) is 0 Å². The van der Waals surface area contributed by atoms with Crippen LogP contribution in [-0.4, -0.2) is 4.98 Å². The maximum Gasteiger partial charge on any atom is 0.0314 e. The number of hydrogen-bond donors (Lipinski definition) is 0. The van der Waals surface area contributed by atoms with E-state index in [2.05, 4.69) is 108 Å². The van der Waals surface area contributed by atoms with Crippen LogP contribution in [0.5, 0.6) is 0 Å². The van der Waals surface area contributed by atoms with Gasteiger partial charge in [0.1, 0.15) is 0 Å². The smallest absolute Gasteiger partial charge is 0.0314 e. The van der Waals surface area contributed by atoms with E-state index in [0.29, 0.717) is 0 Å². The third-order valence-electron chi connectivity index (χ3n) is 7.58. The zero-order chi connectivity index (χ0) is 23.2. The molecule has 0 amide bonds. The van der Waals surface area contributed by atoms with Crippen LogP contribution in [0.3, 0.4) is 0 Å². The zero-order valence-corrected chi connectivity index (χ0v) is 23.0. The summed E-state index contributed by atoms with van der Waals surface area (Å²) in [7, 11) is 0. The van der Waals surface area contributed by atoms with Crippen molar-refractivity contribution in [3.8, 4) is 22.4 Å². The van der Waals surface area contributed by atoms with Gasteiger partial charge in [-0.05, 0) is 56.0 Å². The second-order valence-electron chi connectivity index (χ2n) is 11.6. The largest absolute Gasteiger partial charge is 0.304 e. The van der Waals surface area contributed by atoms with E-state index in [9.17, 15) is 0 Å². The molecule has 0 unspecified atom stereocenters. The second-order valence-corrected chi connectivity index (χ2v) is 11.6. The topological polar surface area (TPSA) is 12.9 Å². The Morgan fingerprint density at radius 1 is 0.676 bits per heavy atom. The molecule has 1 aromatic heterocycles. The summed E-state index contributed by atoms with van der Waals surface area (Å²) >= 11 is 0. The van der Waals surface area contributed by atoms with Crippen LogP contribution in [0.2, 0.25) is 0 Å². The van der Waals surface area contributed by atoms with Crippen molar-refractivity contribution in [3.05, 3.63) is 112 Å². The Labute approximate surface area is 217 Å². The molecule has 34 heavy (non-hydrogen) atoms. The van der Waals surface area contributed by atoms with Gasteiger partial charge in [-0.3, -0.25) is 0 Å². The molecular weight excluding hydrogens is 593 g/mol. The average molecular weight is 624 g/mol. The Morgan fingerprint density at radius 3 is 1.79 bits per heavy atom. The van der Waals surface area contributed by atoms with Crippen LogP contribution in [0.15, 0.2) is 72.9 Å². The maximum absolute atomic E-state index is 4.88. The van der Waals surface area contributed by atoms with Gasteiger partial charge in [0.25, 0.3) is 0 Å². The SMILES string of the molecule is CC(C)(C)c1ccc2c(c1)C1(c3ccc[c-]c3-c3ncccc31)c1cc(C(C)(C)C)ccc1-2.[Pt]. The van der Waals surface area contributed by atoms with Crippen molar-refractivity contribution in [2.45, 2.75) is 57.8 Å². The molecule has 3 aromatic carbocycles. The fourth-order valence-corrected chi connectivity index (χ4v) is 5.83. The summed E-state index contributed by atoms with van der Waals surface area (Å²) in [5.41, 5.74) is 12.7. The van der Waals surface area contributed by atoms with Gasteiger partial charge in [0, 0.05) is 32.7 Å². The van der Waals surface area contributed by atoms with E-state index in [1.54, 1.807) is 0 Å². The standard InChI is InChI=1S/C32H30N.Pt/c1-30(2,3)20-13-15-22-23-16-14-21(31(4,5)6)19-28(23)32(27(22)18-20)25-11-8-7-10-24(25)29-26(32)12-9-17-33-29;/h7-9,11-19H,1-6H3;/q-1;. The Balaban J connectivity index is 0.00000241. The first kappa shape index (κ1) is 23.3. The van der Waals surface area contributed by atoms with Gasteiger partial charge in [-0.15, -0.1) is 35.4 Å². The number of aromatic nitrogens is 1. The van der Waals surface area contributed by atoms with Crippen molar-refractivity contribution < 1.29 is 21.1 Å². The van der Waals surface area contributed by atoms with Gasteiger partial charge in [0.05, 0.1) is 0 Å². The Hall–Kier alpha value is -2.50. The molecule has 2 aliphatic rings. The summed E-state index contributed by atoms with van der Waals surface area (Å²) in [6, 6.07) is 28.6. The summed E-state index contributed by atoms with van der Waals surface area (Å²) in [4.78, 5) is 4.88. The molecule has 0 fully saturated rings. The molecule has 174 valence electrons. The minimum absolute atomic E-state index is 0. The fourth-order valence-electron chi connectivity index (χ4n) is 5.83. The van der Waals surface area contributed by atoms with Crippen molar-refractivity contribution in [2.24, 2.45) is 0 Å². The minimum Gasteiger partial charge on any atom is -0.304 e. The summed E-state index contributed by atoms with van der Waals surface area (Å²) < 4.78 is 0. The first-order valence-corrected chi connectivity index (χ1v) is 11.9. The molecular formula is C32H30NPt-. The Morgan fingerprint density at radius 2 is 1.24 bits per heavy atom. The van der Waals surface area contributed by atoms with Crippen LogP contribution < -0.4 is 0 Å². The average Bonchev–Trinajstić information content (AvgIpc) is 3.24. The van der Waals surface area contributed by atoms with Crippen molar-refractivity contribution in [1.82, 2.24) is 4.98 Å². The van der Waals surface area contributed by atoms with Crippen LogP contribution in [0.1, 0.15) is 74.9 Å². The van der Waals surface area contributed by atoms with E-state index in [1.165, 1.54) is 44.5 Å². The van der Waals surface area contributed by atoms with Crippen molar-refractivity contribution in [1.29, 1.82) is 0 Å². The Bertz CT molecular complexity index is 1320. The minimum atomic E-state index is -0.357. The summed E-state index contributed by atoms with van der Waals surface area (Å²) in [6.07, 6.45) is 1.91. The summed E-state index contributed by atoms with van der Waals surface area (Å²) in [5.74, 6) is 0. The number of hydrogen-bond acceptors (Lipinski definition) is 1. The van der Waals surface area contributed by atoms with Crippen molar-refractivity contribution >= 4 is 0 Å². The number of fused-ring (bicyclic) bond motifs is 10. The van der Waals surface area contributed by atoms with E-state index in [-0.39, 0.29) is 37.3 Å². The number of benzene rings is 3. The van der Waals surface area contributed by atoms with Crippen LogP contribution in [-0.2, 0) is 37.3 Å². The van der Waals surface area contributed by atoms with Crippen LogP contribution in [0.4, 0.5) is 0 Å². The molecule has 2 heteroatoms. The first-order chi connectivity index (χ1) is 15.6. The van der Waals surface area contributed by atoms with Gasteiger partial charge >= 0.3 is 0 Å². The molecule has 0 radical (unpaired) electrons. The van der Waals surface area contributed by atoms with E-state index >= 15 is 0 Å². The molecule has 2 aliphatic carbocycles. The quantitative estimate of drug-likeness (QED) is 0.157. The first-order valence-electron chi connectivity index (χ1n) is 11.9. The number of nitrogens with zero attached hydrogens (tertiary/aromatic N) is 1. The molecule has 1 heterocycles. The van der Waals surface area contributed by atoms with Gasteiger partial charge in [0.15, 0.2) is 0 Å². The molecule has 0 N–H and O–H groups in total. The van der Waals surface area contributed by atoms with Crippen LogP contribution in [0.25, 0.3) is 22.4 Å². The molecule has 4 aromatic rings. The number of pyridine rings is 1. The molecule has 0 bridgehead atoms. The second kappa shape index (κ2) is 7.50. The predicted octanol–water partition coefficient (Wildman–Crippen LogP) is 7.82. The fraction of sp³-hybridized carbons (Fsp3) is 0.281. The van der Waals surface area contributed by atoms with E-state index in [4.69, 9.17) is 4.98 Å². The van der Waals surface area contributed by atoms with Gasteiger partial charge in [-0.2, -0.15) is 0 Å². The van der Waals surface area contributed by atoms with E-state index < -0.39 is 0 Å². The normalized spacial score (nSPS) is 14.8. The molecule has 1 spiro atoms.